The number of halogens is 1. The van der Waals surface area contributed by atoms with Crippen LogP contribution in [0.2, 0.25) is 0 Å². The molecular weight excluding hydrogens is 289 g/mol. The highest BCUT2D eigenvalue weighted by Crippen LogP contribution is 2.41. The summed E-state index contributed by atoms with van der Waals surface area (Å²) in [6.07, 6.45) is 3.90. The molecule has 120 valence electrons. The van der Waals surface area contributed by atoms with Crippen molar-refractivity contribution in [3.05, 3.63) is 71.0 Å². The molecule has 0 saturated heterocycles. The van der Waals surface area contributed by atoms with E-state index in [-0.39, 0.29) is 11.7 Å². The van der Waals surface area contributed by atoms with Crippen LogP contribution in [0.5, 0.6) is 0 Å². The van der Waals surface area contributed by atoms with Crippen LogP contribution >= 0.6 is 0 Å². The van der Waals surface area contributed by atoms with E-state index >= 15 is 0 Å². The first-order valence-corrected chi connectivity index (χ1v) is 8.21. The topological polar surface area (TPSA) is 29.1 Å². The third kappa shape index (κ3) is 3.14. The Hall–Kier alpha value is -2.16. The van der Waals surface area contributed by atoms with Crippen LogP contribution in [-0.4, -0.2) is 5.91 Å². The molecule has 0 radical (unpaired) electrons. The van der Waals surface area contributed by atoms with Crippen LogP contribution in [0, 0.1) is 12.7 Å². The SMILES string of the molecule is Cc1ccc(CNC(=O)C2(c3ccccc3)CCCC2)cc1F. The van der Waals surface area contributed by atoms with Crippen LogP contribution < -0.4 is 5.32 Å². The van der Waals surface area contributed by atoms with Crippen LogP contribution in [0.1, 0.15) is 42.4 Å². The zero-order valence-electron chi connectivity index (χ0n) is 13.4. The van der Waals surface area contributed by atoms with Crippen molar-refractivity contribution in [1.82, 2.24) is 5.32 Å². The summed E-state index contributed by atoms with van der Waals surface area (Å²) in [6.45, 7) is 2.10. The lowest BCUT2D eigenvalue weighted by Gasteiger charge is -2.28. The molecule has 23 heavy (non-hydrogen) atoms. The molecule has 0 aliphatic heterocycles. The predicted molar refractivity (Wildman–Crippen MR) is 89.6 cm³/mol. The highest BCUT2D eigenvalue weighted by molar-refractivity contribution is 5.88. The van der Waals surface area contributed by atoms with Gasteiger partial charge in [0.25, 0.3) is 0 Å². The van der Waals surface area contributed by atoms with Gasteiger partial charge < -0.3 is 5.32 Å². The van der Waals surface area contributed by atoms with E-state index in [4.69, 9.17) is 0 Å². The minimum absolute atomic E-state index is 0.0576. The molecular formula is C20H22FNO. The summed E-state index contributed by atoms with van der Waals surface area (Å²) in [6, 6.07) is 15.1. The molecule has 2 aromatic carbocycles. The Kier molecular flexibility index (Phi) is 4.46. The summed E-state index contributed by atoms with van der Waals surface area (Å²) in [5, 5.41) is 3.02. The van der Waals surface area contributed by atoms with E-state index in [0.717, 1.165) is 36.8 Å². The highest BCUT2D eigenvalue weighted by Gasteiger charge is 2.42. The molecule has 2 nitrogen and oxygen atoms in total. The second-order valence-electron chi connectivity index (χ2n) is 6.42. The van der Waals surface area contributed by atoms with Gasteiger partial charge in [0.1, 0.15) is 5.82 Å². The van der Waals surface area contributed by atoms with E-state index in [1.165, 1.54) is 6.07 Å². The van der Waals surface area contributed by atoms with Gasteiger partial charge in [-0.05, 0) is 42.5 Å². The zero-order chi connectivity index (χ0) is 16.3. The number of benzene rings is 2. The number of hydrogen-bond donors (Lipinski definition) is 1. The number of carbonyl (C=O) groups is 1. The average molecular weight is 311 g/mol. The summed E-state index contributed by atoms with van der Waals surface area (Å²) in [7, 11) is 0. The van der Waals surface area contributed by atoms with Gasteiger partial charge in [-0.25, -0.2) is 4.39 Å². The van der Waals surface area contributed by atoms with Gasteiger partial charge in [0.15, 0.2) is 0 Å². The summed E-state index contributed by atoms with van der Waals surface area (Å²) in [5.74, 6) is -0.169. The van der Waals surface area contributed by atoms with Crippen molar-refractivity contribution < 1.29 is 9.18 Å². The number of rotatable bonds is 4. The number of hydrogen-bond acceptors (Lipinski definition) is 1. The third-order valence-corrected chi connectivity index (χ3v) is 4.91. The quantitative estimate of drug-likeness (QED) is 0.898. The second-order valence-corrected chi connectivity index (χ2v) is 6.42. The Morgan fingerprint density at radius 1 is 1.13 bits per heavy atom. The summed E-state index contributed by atoms with van der Waals surface area (Å²) >= 11 is 0. The van der Waals surface area contributed by atoms with Crippen molar-refractivity contribution in [3.8, 4) is 0 Å². The van der Waals surface area contributed by atoms with Gasteiger partial charge in [0.2, 0.25) is 5.91 Å². The smallest absolute Gasteiger partial charge is 0.230 e. The van der Waals surface area contributed by atoms with Crippen LogP contribution in [0.3, 0.4) is 0 Å². The maximum Gasteiger partial charge on any atom is 0.230 e. The van der Waals surface area contributed by atoms with E-state index in [2.05, 4.69) is 5.32 Å². The van der Waals surface area contributed by atoms with Crippen LogP contribution in [0.25, 0.3) is 0 Å². The van der Waals surface area contributed by atoms with E-state index in [9.17, 15) is 9.18 Å². The van der Waals surface area contributed by atoms with Crippen LogP contribution in [-0.2, 0) is 16.8 Å². The molecule has 0 bridgehead atoms. The molecule has 1 fully saturated rings. The fourth-order valence-corrected chi connectivity index (χ4v) is 3.48. The largest absolute Gasteiger partial charge is 0.351 e. The molecule has 1 saturated carbocycles. The minimum Gasteiger partial charge on any atom is -0.351 e. The number of amides is 1. The first kappa shape index (κ1) is 15.7. The van der Waals surface area contributed by atoms with Gasteiger partial charge in [0, 0.05) is 6.54 Å². The van der Waals surface area contributed by atoms with Crippen molar-refractivity contribution in [3.63, 3.8) is 0 Å². The summed E-state index contributed by atoms with van der Waals surface area (Å²) in [5.41, 5.74) is 2.08. The van der Waals surface area contributed by atoms with Crippen molar-refractivity contribution in [2.24, 2.45) is 0 Å². The molecule has 2 aromatic rings. The first-order valence-electron chi connectivity index (χ1n) is 8.21. The summed E-state index contributed by atoms with van der Waals surface area (Å²) < 4.78 is 13.6. The molecule has 1 aliphatic carbocycles. The first-order chi connectivity index (χ1) is 11.1. The van der Waals surface area contributed by atoms with Crippen LogP contribution in [0.15, 0.2) is 48.5 Å². The Labute approximate surface area is 136 Å². The molecule has 0 aromatic heterocycles. The molecule has 0 heterocycles. The Morgan fingerprint density at radius 2 is 1.83 bits per heavy atom. The number of nitrogens with one attached hydrogen (secondary N) is 1. The van der Waals surface area contributed by atoms with Crippen molar-refractivity contribution >= 4 is 5.91 Å². The molecule has 0 unspecified atom stereocenters. The van der Waals surface area contributed by atoms with Crippen molar-refractivity contribution in [2.45, 2.75) is 44.6 Å². The third-order valence-electron chi connectivity index (χ3n) is 4.91. The van der Waals surface area contributed by atoms with Gasteiger partial charge in [-0.2, -0.15) is 0 Å². The fraction of sp³-hybridized carbons (Fsp3) is 0.350. The lowest BCUT2D eigenvalue weighted by atomic mass is 9.78. The Bertz CT molecular complexity index is 690. The van der Waals surface area contributed by atoms with E-state index < -0.39 is 5.41 Å². The normalized spacial score (nSPS) is 16.3. The van der Waals surface area contributed by atoms with E-state index in [0.29, 0.717) is 12.1 Å². The fourth-order valence-electron chi connectivity index (χ4n) is 3.48. The zero-order valence-corrected chi connectivity index (χ0v) is 13.4. The average Bonchev–Trinajstić information content (AvgIpc) is 3.07. The molecule has 1 N–H and O–H groups in total. The van der Waals surface area contributed by atoms with Crippen LogP contribution in [0.4, 0.5) is 4.39 Å². The monoisotopic (exact) mass is 311 g/mol. The molecule has 3 heteroatoms. The maximum absolute atomic E-state index is 13.6. The minimum atomic E-state index is -0.426. The highest BCUT2D eigenvalue weighted by atomic mass is 19.1. The molecule has 1 amide bonds. The number of carbonyl (C=O) groups excluding carboxylic acids is 1. The van der Waals surface area contributed by atoms with Gasteiger partial charge in [-0.3, -0.25) is 4.79 Å². The second kappa shape index (κ2) is 6.53. The van der Waals surface area contributed by atoms with E-state index in [1.54, 1.807) is 13.0 Å². The van der Waals surface area contributed by atoms with Crippen molar-refractivity contribution in [2.75, 3.05) is 0 Å². The maximum atomic E-state index is 13.6. The molecule has 0 atom stereocenters. The standard InChI is InChI=1S/C20H22FNO/c1-15-9-10-16(13-18(15)21)14-22-19(23)20(11-5-6-12-20)17-7-3-2-4-8-17/h2-4,7-10,13H,5-6,11-12,14H2,1H3,(H,22,23). The lowest BCUT2D eigenvalue weighted by Crippen LogP contribution is -2.42. The summed E-state index contributed by atoms with van der Waals surface area (Å²) in [4.78, 5) is 12.9. The van der Waals surface area contributed by atoms with Gasteiger partial charge >= 0.3 is 0 Å². The Balaban J connectivity index is 1.76. The molecule has 3 rings (SSSR count). The predicted octanol–water partition coefficient (Wildman–Crippen LogP) is 4.26. The van der Waals surface area contributed by atoms with E-state index in [1.807, 2.05) is 36.4 Å². The lowest BCUT2D eigenvalue weighted by molar-refractivity contribution is -0.126. The van der Waals surface area contributed by atoms with Gasteiger partial charge in [-0.15, -0.1) is 0 Å². The molecule has 1 aliphatic rings. The van der Waals surface area contributed by atoms with Gasteiger partial charge in [0.05, 0.1) is 5.41 Å². The Morgan fingerprint density at radius 3 is 2.48 bits per heavy atom. The van der Waals surface area contributed by atoms with Gasteiger partial charge in [-0.1, -0.05) is 55.3 Å². The molecule has 0 spiro atoms. The van der Waals surface area contributed by atoms with Crippen molar-refractivity contribution in [1.29, 1.82) is 0 Å². The number of aryl methyl sites for hydroxylation is 1.